The number of unbranched alkanes of at least 4 members (excludes halogenated alkanes) is 1. The third-order valence-corrected chi connectivity index (χ3v) is 4.52. The minimum absolute atomic E-state index is 0.156. The van der Waals surface area contributed by atoms with Gasteiger partial charge in [-0.05, 0) is 12.5 Å². The van der Waals surface area contributed by atoms with Crippen molar-refractivity contribution in [2.45, 2.75) is 32.2 Å². The van der Waals surface area contributed by atoms with Crippen molar-refractivity contribution in [1.82, 2.24) is 4.72 Å². The fourth-order valence-electron chi connectivity index (χ4n) is 2.07. The summed E-state index contributed by atoms with van der Waals surface area (Å²) in [6, 6.07) is 7.44. The lowest BCUT2D eigenvalue weighted by Crippen LogP contribution is -2.33. The quantitative estimate of drug-likeness (QED) is 0.891. The van der Waals surface area contributed by atoms with Gasteiger partial charge in [-0.2, -0.15) is 0 Å². The van der Waals surface area contributed by atoms with Gasteiger partial charge in [-0.1, -0.05) is 31.5 Å². The third kappa shape index (κ3) is 3.23. The standard InChI is InChI=1S/C13H19NO3S/c1-2-3-10-18(15,16)14-12-8-9-17-13-7-5-4-6-11(12)13/h4-7,12,14H,2-3,8-10H2,1H3. The molecule has 18 heavy (non-hydrogen) atoms. The molecule has 0 radical (unpaired) electrons. The van der Waals surface area contributed by atoms with E-state index in [0.29, 0.717) is 19.4 Å². The Labute approximate surface area is 108 Å². The van der Waals surface area contributed by atoms with Gasteiger partial charge in [0.2, 0.25) is 10.0 Å². The van der Waals surface area contributed by atoms with Gasteiger partial charge in [0.15, 0.2) is 0 Å². The summed E-state index contributed by atoms with van der Waals surface area (Å²) in [4.78, 5) is 0. The highest BCUT2D eigenvalue weighted by Crippen LogP contribution is 2.31. The summed E-state index contributed by atoms with van der Waals surface area (Å²) in [7, 11) is -3.19. The van der Waals surface area contributed by atoms with Crippen molar-refractivity contribution in [1.29, 1.82) is 0 Å². The van der Waals surface area contributed by atoms with Crippen LogP contribution in [0.2, 0.25) is 0 Å². The van der Waals surface area contributed by atoms with Crippen LogP contribution in [0.5, 0.6) is 5.75 Å². The summed E-state index contributed by atoms with van der Waals surface area (Å²) in [5.41, 5.74) is 0.934. The summed E-state index contributed by atoms with van der Waals surface area (Å²) in [5, 5.41) is 0. The second-order valence-corrected chi connectivity index (χ2v) is 6.39. The first kappa shape index (κ1) is 13.4. The first-order valence-corrected chi connectivity index (χ1v) is 7.99. The van der Waals surface area contributed by atoms with E-state index in [1.807, 2.05) is 31.2 Å². The van der Waals surface area contributed by atoms with E-state index in [1.165, 1.54) is 0 Å². The highest BCUT2D eigenvalue weighted by atomic mass is 32.2. The molecule has 1 unspecified atom stereocenters. The zero-order chi connectivity index (χ0) is 13.0. The van der Waals surface area contributed by atoms with Crippen molar-refractivity contribution in [2.24, 2.45) is 0 Å². The average molecular weight is 269 g/mol. The third-order valence-electron chi connectivity index (χ3n) is 3.05. The molecular weight excluding hydrogens is 250 g/mol. The van der Waals surface area contributed by atoms with Crippen LogP contribution < -0.4 is 9.46 Å². The molecule has 0 saturated carbocycles. The summed E-state index contributed by atoms with van der Waals surface area (Å²) in [6.07, 6.45) is 2.26. The molecular formula is C13H19NO3S. The number of para-hydroxylation sites is 1. The molecule has 0 saturated heterocycles. The number of nitrogens with one attached hydrogen (secondary N) is 1. The Kier molecular flexibility index (Phi) is 4.24. The topological polar surface area (TPSA) is 55.4 Å². The van der Waals surface area contributed by atoms with Crippen molar-refractivity contribution in [3.8, 4) is 5.75 Å². The molecule has 1 heterocycles. The highest BCUT2D eigenvalue weighted by Gasteiger charge is 2.24. The molecule has 0 amide bonds. The van der Waals surface area contributed by atoms with Crippen molar-refractivity contribution < 1.29 is 13.2 Å². The summed E-state index contributed by atoms with van der Waals surface area (Å²) >= 11 is 0. The molecule has 0 aromatic heterocycles. The van der Waals surface area contributed by atoms with E-state index in [0.717, 1.165) is 17.7 Å². The van der Waals surface area contributed by atoms with E-state index in [2.05, 4.69) is 4.72 Å². The van der Waals surface area contributed by atoms with Gasteiger partial charge in [-0.15, -0.1) is 0 Å². The smallest absolute Gasteiger partial charge is 0.212 e. The average Bonchev–Trinajstić information content (AvgIpc) is 2.37. The molecule has 1 N–H and O–H groups in total. The highest BCUT2D eigenvalue weighted by molar-refractivity contribution is 7.89. The molecule has 4 nitrogen and oxygen atoms in total. The monoisotopic (exact) mass is 269 g/mol. The van der Waals surface area contributed by atoms with E-state index < -0.39 is 10.0 Å². The lowest BCUT2D eigenvalue weighted by atomic mass is 10.0. The number of hydrogen-bond acceptors (Lipinski definition) is 3. The van der Waals surface area contributed by atoms with Crippen LogP contribution in [0.25, 0.3) is 0 Å². The van der Waals surface area contributed by atoms with Gasteiger partial charge < -0.3 is 4.74 Å². The molecule has 1 aromatic rings. The van der Waals surface area contributed by atoms with Crippen LogP contribution >= 0.6 is 0 Å². The number of sulfonamides is 1. The first-order valence-electron chi connectivity index (χ1n) is 6.34. The second kappa shape index (κ2) is 5.71. The van der Waals surface area contributed by atoms with Crippen molar-refractivity contribution in [3.63, 3.8) is 0 Å². The number of rotatable bonds is 5. The SMILES string of the molecule is CCCCS(=O)(=O)NC1CCOc2ccccc21. The predicted molar refractivity (Wildman–Crippen MR) is 71.1 cm³/mol. The van der Waals surface area contributed by atoms with Crippen LogP contribution in [0.15, 0.2) is 24.3 Å². The molecule has 1 aliphatic heterocycles. The minimum Gasteiger partial charge on any atom is -0.493 e. The maximum absolute atomic E-state index is 11.9. The van der Waals surface area contributed by atoms with Crippen LogP contribution in [-0.2, 0) is 10.0 Å². The van der Waals surface area contributed by atoms with Crippen LogP contribution in [0.4, 0.5) is 0 Å². The minimum atomic E-state index is -3.19. The molecule has 1 atom stereocenters. The van der Waals surface area contributed by atoms with Gasteiger partial charge in [-0.3, -0.25) is 0 Å². The molecule has 0 spiro atoms. The fraction of sp³-hybridized carbons (Fsp3) is 0.538. The van der Waals surface area contributed by atoms with E-state index in [9.17, 15) is 8.42 Å². The Morgan fingerprint density at radius 2 is 2.17 bits per heavy atom. The molecule has 5 heteroatoms. The Bertz CT molecular complexity index is 499. The molecule has 0 aliphatic carbocycles. The van der Waals surface area contributed by atoms with Crippen molar-refractivity contribution >= 4 is 10.0 Å². The summed E-state index contributed by atoms with van der Waals surface area (Å²) < 4.78 is 32.1. The lowest BCUT2D eigenvalue weighted by Gasteiger charge is -2.26. The fourth-order valence-corrected chi connectivity index (χ4v) is 3.54. The van der Waals surface area contributed by atoms with E-state index in [-0.39, 0.29) is 11.8 Å². The Morgan fingerprint density at radius 1 is 1.39 bits per heavy atom. The lowest BCUT2D eigenvalue weighted by molar-refractivity contribution is 0.263. The van der Waals surface area contributed by atoms with E-state index in [1.54, 1.807) is 0 Å². The number of hydrogen-bond donors (Lipinski definition) is 1. The summed E-state index contributed by atoms with van der Waals surface area (Å²) in [6.45, 7) is 2.54. The number of benzene rings is 1. The zero-order valence-corrected chi connectivity index (χ0v) is 11.4. The summed E-state index contributed by atoms with van der Waals surface area (Å²) in [5.74, 6) is 0.982. The van der Waals surface area contributed by atoms with Crippen LogP contribution in [0, 0.1) is 0 Å². The molecule has 100 valence electrons. The van der Waals surface area contributed by atoms with Gasteiger partial charge in [0.25, 0.3) is 0 Å². The zero-order valence-electron chi connectivity index (χ0n) is 10.6. The van der Waals surface area contributed by atoms with E-state index >= 15 is 0 Å². The molecule has 2 rings (SSSR count). The van der Waals surface area contributed by atoms with Crippen LogP contribution in [0.3, 0.4) is 0 Å². The van der Waals surface area contributed by atoms with Crippen molar-refractivity contribution in [3.05, 3.63) is 29.8 Å². The molecule has 1 aliphatic rings. The Hall–Kier alpha value is -1.07. The second-order valence-electron chi connectivity index (χ2n) is 4.52. The largest absolute Gasteiger partial charge is 0.493 e. The number of ether oxygens (including phenoxy) is 1. The van der Waals surface area contributed by atoms with Gasteiger partial charge in [0.05, 0.1) is 18.4 Å². The molecule has 0 bridgehead atoms. The first-order chi connectivity index (χ1) is 8.62. The van der Waals surface area contributed by atoms with Crippen LogP contribution in [0.1, 0.15) is 37.8 Å². The molecule has 0 fully saturated rings. The van der Waals surface area contributed by atoms with Gasteiger partial charge in [-0.25, -0.2) is 13.1 Å². The number of fused-ring (bicyclic) bond motifs is 1. The maximum Gasteiger partial charge on any atom is 0.212 e. The van der Waals surface area contributed by atoms with E-state index in [4.69, 9.17) is 4.74 Å². The van der Waals surface area contributed by atoms with Gasteiger partial charge in [0, 0.05) is 12.0 Å². The molecule has 1 aromatic carbocycles. The normalized spacial score (nSPS) is 19.1. The van der Waals surface area contributed by atoms with Crippen molar-refractivity contribution in [2.75, 3.05) is 12.4 Å². The van der Waals surface area contributed by atoms with Crippen LogP contribution in [-0.4, -0.2) is 20.8 Å². The van der Waals surface area contributed by atoms with Gasteiger partial charge >= 0.3 is 0 Å². The predicted octanol–water partition coefficient (Wildman–Crippen LogP) is 2.23. The maximum atomic E-state index is 11.9. The Balaban J connectivity index is 2.12. The Morgan fingerprint density at radius 3 is 2.94 bits per heavy atom. The van der Waals surface area contributed by atoms with Gasteiger partial charge in [0.1, 0.15) is 5.75 Å².